The average Bonchev–Trinajstić information content (AvgIpc) is 2.39. The molecular formula is C17H34O2. The first-order chi connectivity index (χ1) is 9.18. The summed E-state index contributed by atoms with van der Waals surface area (Å²) in [7, 11) is 0. The third-order valence-corrected chi connectivity index (χ3v) is 3.80. The molecule has 0 aromatic carbocycles. The molecule has 0 radical (unpaired) electrons. The Morgan fingerprint density at radius 3 is 1.53 bits per heavy atom. The van der Waals surface area contributed by atoms with E-state index in [0.29, 0.717) is 6.42 Å². The minimum Gasteiger partial charge on any atom is -0.385 e. The largest absolute Gasteiger partial charge is 0.385 e. The second-order valence-electron chi connectivity index (χ2n) is 5.80. The zero-order valence-corrected chi connectivity index (χ0v) is 13.1. The molecular weight excluding hydrogens is 236 g/mol. The molecule has 19 heavy (non-hydrogen) atoms. The average molecular weight is 270 g/mol. The van der Waals surface area contributed by atoms with Crippen LogP contribution in [0, 0.1) is 0 Å². The highest BCUT2D eigenvalue weighted by Crippen LogP contribution is 2.13. The minimum absolute atomic E-state index is 0.0944. The molecule has 2 heteroatoms. The molecule has 0 amide bonds. The van der Waals surface area contributed by atoms with Crippen molar-refractivity contribution in [2.24, 2.45) is 0 Å². The van der Waals surface area contributed by atoms with Crippen molar-refractivity contribution in [2.45, 2.75) is 103 Å². The number of hydrogen-bond donors (Lipinski definition) is 1. The monoisotopic (exact) mass is 270 g/mol. The van der Waals surface area contributed by atoms with Crippen LogP contribution in [0.2, 0.25) is 0 Å². The van der Waals surface area contributed by atoms with Crippen molar-refractivity contribution in [3.05, 3.63) is 0 Å². The number of unbranched alkanes of at least 4 members (excludes halogenated alkanes) is 11. The Balaban J connectivity index is 3.05. The van der Waals surface area contributed by atoms with Crippen molar-refractivity contribution >= 4 is 5.78 Å². The van der Waals surface area contributed by atoms with Crippen LogP contribution in [0.5, 0.6) is 0 Å². The predicted octanol–water partition coefficient (Wildman–Crippen LogP) is 5.03. The minimum atomic E-state index is -0.719. The summed E-state index contributed by atoms with van der Waals surface area (Å²) in [5.41, 5.74) is 0. The highest BCUT2D eigenvalue weighted by atomic mass is 16.3. The van der Waals surface area contributed by atoms with Crippen molar-refractivity contribution in [3.8, 4) is 0 Å². The maximum absolute atomic E-state index is 10.8. The van der Waals surface area contributed by atoms with Gasteiger partial charge in [0.05, 0.1) is 0 Å². The van der Waals surface area contributed by atoms with E-state index in [1.165, 1.54) is 71.1 Å². The van der Waals surface area contributed by atoms with Crippen LogP contribution in [-0.4, -0.2) is 17.0 Å². The lowest BCUT2D eigenvalue weighted by Gasteiger charge is -2.06. The van der Waals surface area contributed by atoms with Gasteiger partial charge in [-0.05, 0) is 13.3 Å². The Hall–Kier alpha value is -0.370. The van der Waals surface area contributed by atoms with E-state index >= 15 is 0 Å². The number of carbonyl (C=O) groups is 1. The maximum Gasteiger partial charge on any atom is 0.158 e. The molecule has 0 heterocycles. The summed E-state index contributed by atoms with van der Waals surface area (Å²) in [6.45, 7) is 3.72. The summed E-state index contributed by atoms with van der Waals surface area (Å²) < 4.78 is 0. The second kappa shape index (κ2) is 14.0. The number of ketones is 1. The van der Waals surface area contributed by atoms with Crippen LogP contribution in [0.25, 0.3) is 0 Å². The molecule has 0 bridgehead atoms. The van der Waals surface area contributed by atoms with Crippen molar-refractivity contribution in [3.63, 3.8) is 0 Å². The van der Waals surface area contributed by atoms with E-state index in [4.69, 9.17) is 0 Å². The van der Waals surface area contributed by atoms with Gasteiger partial charge in [-0.3, -0.25) is 4.79 Å². The smallest absolute Gasteiger partial charge is 0.158 e. The predicted molar refractivity (Wildman–Crippen MR) is 82.4 cm³/mol. The van der Waals surface area contributed by atoms with Crippen LogP contribution in [0.4, 0.5) is 0 Å². The number of Topliss-reactive ketones (excluding diaryl/α,β-unsaturated/α-hetero) is 1. The van der Waals surface area contributed by atoms with Crippen molar-refractivity contribution in [1.82, 2.24) is 0 Å². The van der Waals surface area contributed by atoms with Gasteiger partial charge in [0.1, 0.15) is 6.10 Å². The van der Waals surface area contributed by atoms with E-state index in [1.54, 1.807) is 0 Å². The Morgan fingerprint density at radius 2 is 1.16 bits per heavy atom. The highest BCUT2D eigenvalue weighted by Gasteiger charge is 2.07. The topological polar surface area (TPSA) is 37.3 Å². The van der Waals surface area contributed by atoms with E-state index in [0.717, 1.165) is 12.8 Å². The quantitative estimate of drug-likeness (QED) is 0.450. The van der Waals surface area contributed by atoms with Crippen LogP contribution in [0.15, 0.2) is 0 Å². The SMILES string of the molecule is CCCCCCCCCCCCCCC(O)C(C)=O. The molecule has 2 nitrogen and oxygen atoms in total. The molecule has 0 aliphatic heterocycles. The van der Waals surface area contributed by atoms with Gasteiger partial charge < -0.3 is 5.11 Å². The first-order valence-electron chi connectivity index (χ1n) is 8.37. The fourth-order valence-electron chi connectivity index (χ4n) is 2.38. The van der Waals surface area contributed by atoms with E-state index in [2.05, 4.69) is 6.92 Å². The fourth-order valence-corrected chi connectivity index (χ4v) is 2.38. The molecule has 0 fully saturated rings. The van der Waals surface area contributed by atoms with E-state index in [9.17, 15) is 9.90 Å². The summed E-state index contributed by atoms with van der Waals surface area (Å²) in [4.78, 5) is 10.8. The summed E-state index contributed by atoms with van der Waals surface area (Å²) >= 11 is 0. The number of carbonyl (C=O) groups excluding carboxylic acids is 1. The Morgan fingerprint density at radius 1 is 0.789 bits per heavy atom. The van der Waals surface area contributed by atoms with Gasteiger partial charge in [-0.25, -0.2) is 0 Å². The normalized spacial score (nSPS) is 12.6. The van der Waals surface area contributed by atoms with Crippen LogP contribution in [-0.2, 0) is 4.79 Å². The van der Waals surface area contributed by atoms with Gasteiger partial charge in [0.25, 0.3) is 0 Å². The molecule has 0 saturated carbocycles. The lowest BCUT2D eigenvalue weighted by atomic mass is 10.0. The van der Waals surface area contributed by atoms with E-state index < -0.39 is 6.10 Å². The number of aliphatic hydroxyl groups is 1. The van der Waals surface area contributed by atoms with Gasteiger partial charge in [0.2, 0.25) is 0 Å². The zero-order chi connectivity index (χ0) is 14.3. The zero-order valence-electron chi connectivity index (χ0n) is 13.1. The Kier molecular flexibility index (Phi) is 13.8. The molecule has 1 N–H and O–H groups in total. The van der Waals surface area contributed by atoms with E-state index in [-0.39, 0.29) is 5.78 Å². The Labute approximate surface area is 120 Å². The van der Waals surface area contributed by atoms with Crippen molar-refractivity contribution in [1.29, 1.82) is 0 Å². The van der Waals surface area contributed by atoms with Crippen LogP contribution >= 0.6 is 0 Å². The first-order valence-corrected chi connectivity index (χ1v) is 8.37. The Bertz CT molecular complexity index is 201. The van der Waals surface area contributed by atoms with Gasteiger partial charge in [-0.1, -0.05) is 84.0 Å². The molecule has 0 aliphatic carbocycles. The third kappa shape index (κ3) is 13.9. The fraction of sp³-hybridized carbons (Fsp3) is 0.941. The van der Waals surface area contributed by atoms with Gasteiger partial charge in [0, 0.05) is 0 Å². The van der Waals surface area contributed by atoms with Crippen molar-refractivity contribution < 1.29 is 9.90 Å². The first kappa shape index (κ1) is 18.6. The van der Waals surface area contributed by atoms with Crippen LogP contribution in [0.1, 0.15) is 97.3 Å². The maximum atomic E-state index is 10.8. The molecule has 0 aliphatic rings. The lowest BCUT2D eigenvalue weighted by molar-refractivity contribution is -0.125. The molecule has 0 aromatic rings. The summed E-state index contributed by atoms with van der Waals surface area (Å²) in [5.74, 6) is -0.0944. The number of hydrogen-bond acceptors (Lipinski definition) is 2. The summed E-state index contributed by atoms with van der Waals surface area (Å²) in [6.07, 6.45) is 15.7. The molecule has 0 rings (SSSR count). The standard InChI is InChI=1S/C17H34O2/c1-3-4-5-6-7-8-9-10-11-12-13-14-15-17(19)16(2)18/h17,19H,3-15H2,1-2H3. The molecule has 1 atom stereocenters. The molecule has 114 valence electrons. The van der Waals surface area contributed by atoms with Gasteiger partial charge in [-0.15, -0.1) is 0 Å². The van der Waals surface area contributed by atoms with Gasteiger partial charge in [0.15, 0.2) is 5.78 Å². The molecule has 0 spiro atoms. The van der Waals surface area contributed by atoms with Gasteiger partial charge >= 0.3 is 0 Å². The number of aliphatic hydroxyl groups excluding tert-OH is 1. The van der Waals surface area contributed by atoms with Crippen molar-refractivity contribution in [2.75, 3.05) is 0 Å². The number of rotatable bonds is 14. The molecule has 0 saturated heterocycles. The third-order valence-electron chi connectivity index (χ3n) is 3.80. The highest BCUT2D eigenvalue weighted by molar-refractivity contribution is 5.79. The van der Waals surface area contributed by atoms with Gasteiger partial charge in [-0.2, -0.15) is 0 Å². The summed E-state index contributed by atoms with van der Waals surface area (Å²) in [6, 6.07) is 0. The van der Waals surface area contributed by atoms with Crippen LogP contribution in [0.3, 0.4) is 0 Å². The molecule has 1 unspecified atom stereocenters. The van der Waals surface area contributed by atoms with Crippen LogP contribution < -0.4 is 0 Å². The summed E-state index contributed by atoms with van der Waals surface area (Å²) in [5, 5.41) is 9.34. The molecule has 0 aromatic heterocycles. The second-order valence-corrected chi connectivity index (χ2v) is 5.80. The van der Waals surface area contributed by atoms with E-state index in [1.807, 2.05) is 0 Å². The lowest BCUT2D eigenvalue weighted by Crippen LogP contribution is -2.16.